The Bertz CT molecular complexity index is 813. The summed E-state index contributed by atoms with van der Waals surface area (Å²) in [6, 6.07) is 9.28. The van der Waals surface area contributed by atoms with Gasteiger partial charge < -0.3 is 9.15 Å². The Kier molecular flexibility index (Phi) is 4.78. The molecule has 0 aliphatic rings. The summed E-state index contributed by atoms with van der Waals surface area (Å²) in [4.78, 5) is 12.5. The molecule has 0 fully saturated rings. The van der Waals surface area contributed by atoms with Crippen LogP contribution in [0.25, 0.3) is 10.8 Å². The third kappa shape index (κ3) is 3.62. The first-order valence-electron chi connectivity index (χ1n) is 6.85. The number of hydrogen-bond donors (Lipinski definition) is 0. The lowest BCUT2D eigenvalue weighted by atomic mass is 10.1. The Morgan fingerprint density at radius 3 is 2.91 bits per heavy atom. The lowest BCUT2D eigenvalue weighted by Crippen LogP contribution is -1.96. The molecule has 0 spiro atoms. The van der Waals surface area contributed by atoms with E-state index in [-0.39, 0.29) is 5.78 Å². The summed E-state index contributed by atoms with van der Waals surface area (Å²) >= 11 is 2.97. The molecule has 0 aliphatic heterocycles. The summed E-state index contributed by atoms with van der Waals surface area (Å²) < 4.78 is 11.0. The minimum atomic E-state index is 0.0247. The van der Waals surface area contributed by atoms with Crippen molar-refractivity contribution in [1.82, 2.24) is 10.2 Å². The highest BCUT2D eigenvalue weighted by molar-refractivity contribution is 7.98. The highest BCUT2D eigenvalue weighted by Crippen LogP contribution is 2.31. The van der Waals surface area contributed by atoms with E-state index in [0.717, 1.165) is 16.2 Å². The van der Waals surface area contributed by atoms with E-state index in [0.29, 0.717) is 22.4 Å². The van der Waals surface area contributed by atoms with Crippen LogP contribution in [-0.2, 0) is 5.75 Å². The molecule has 2 aromatic heterocycles. The van der Waals surface area contributed by atoms with Crippen LogP contribution in [0, 0.1) is 0 Å². The number of aromatic nitrogens is 2. The molecule has 5 nitrogen and oxygen atoms in total. The first-order chi connectivity index (χ1) is 11.2. The van der Waals surface area contributed by atoms with E-state index in [2.05, 4.69) is 10.2 Å². The van der Waals surface area contributed by atoms with Gasteiger partial charge in [-0.05, 0) is 36.6 Å². The van der Waals surface area contributed by atoms with Crippen LogP contribution in [0.3, 0.4) is 0 Å². The number of thiophene rings is 1. The SMILES string of the molecule is COc1ccc(C(C)=O)cc1CSc1nnc(-c2cccs2)o1. The molecule has 0 bridgehead atoms. The van der Waals surface area contributed by atoms with Crippen LogP contribution in [0.2, 0.25) is 0 Å². The van der Waals surface area contributed by atoms with E-state index in [9.17, 15) is 4.79 Å². The molecule has 0 aliphatic carbocycles. The summed E-state index contributed by atoms with van der Waals surface area (Å²) in [5, 5.41) is 10.5. The quantitative estimate of drug-likeness (QED) is 0.490. The fourth-order valence-electron chi connectivity index (χ4n) is 2.02. The summed E-state index contributed by atoms with van der Waals surface area (Å²) in [5.74, 6) is 1.86. The van der Waals surface area contributed by atoms with Gasteiger partial charge in [0.25, 0.3) is 11.1 Å². The molecule has 0 saturated carbocycles. The number of Topliss-reactive ketones (excluding diaryl/α,β-unsaturated/α-hetero) is 1. The van der Waals surface area contributed by atoms with Gasteiger partial charge in [-0.15, -0.1) is 21.5 Å². The Labute approximate surface area is 141 Å². The van der Waals surface area contributed by atoms with Crippen molar-refractivity contribution in [1.29, 1.82) is 0 Å². The van der Waals surface area contributed by atoms with E-state index in [1.807, 2.05) is 23.6 Å². The van der Waals surface area contributed by atoms with Crippen LogP contribution in [0.15, 0.2) is 45.4 Å². The van der Waals surface area contributed by atoms with Crippen molar-refractivity contribution in [3.05, 3.63) is 46.8 Å². The molecule has 118 valence electrons. The maximum absolute atomic E-state index is 11.5. The van der Waals surface area contributed by atoms with Gasteiger partial charge in [-0.25, -0.2) is 0 Å². The molecule has 1 aromatic carbocycles. The number of hydrogen-bond acceptors (Lipinski definition) is 7. The topological polar surface area (TPSA) is 65.2 Å². The molecular formula is C16H14N2O3S2. The molecule has 0 saturated heterocycles. The zero-order valence-electron chi connectivity index (χ0n) is 12.6. The van der Waals surface area contributed by atoms with Crippen LogP contribution in [0.4, 0.5) is 0 Å². The van der Waals surface area contributed by atoms with Gasteiger partial charge >= 0.3 is 0 Å². The first kappa shape index (κ1) is 15.8. The standard InChI is InChI=1S/C16H14N2O3S2/c1-10(19)11-5-6-13(20-2)12(8-11)9-23-16-18-17-15(21-16)14-4-3-7-22-14/h3-8H,9H2,1-2H3. The van der Waals surface area contributed by atoms with Crippen LogP contribution in [0.5, 0.6) is 5.75 Å². The molecular weight excluding hydrogens is 332 g/mol. The van der Waals surface area contributed by atoms with Gasteiger partial charge in [0.15, 0.2) is 5.78 Å². The van der Waals surface area contributed by atoms with E-state index in [1.165, 1.54) is 11.8 Å². The fourth-order valence-corrected chi connectivity index (χ4v) is 3.40. The van der Waals surface area contributed by atoms with Gasteiger partial charge in [-0.2, -0.15) is 0 Å². The van der Waals surface area contributed by atoms with Crippen molar-refractivity contribution >= 4 is 28.9 Å². The van der Waals surface area contributed by atoms with Gasteiger partial charge in [-0.1, -0.05) is 17.8 Å². The van der Waals surface area contributed by atoms with Gasteiger partial charge in [0, 0.05) is 16.9 Å². The first-order valence-corrected chi connectivity index (χ1v) is 8.72. The van der Waals surface area contributed by atoms with Crippen LogP contribution >= 0.6 is 23.1 Å². The van der Waals surface area contributed by atoms with Crippen LogP contribution in [0.1, 0.15) is 22.8 Å². The predicted molar refractivity (Wildman–Crippen MR) is 90.2 cm³/mol. The van der Waals surface area contributed by atoms with Gasteiger partial charge in [0.1, 0.15) is 5.75 Å². The third-order valence-corrected chi connectivity index (χ3v) is 4.90. The predicted octanol–water partition coefficient (Wildman–Crippen LogP) is 4.30. The fraction of sp³-hybridized carbons (Fsp3) is 0.188. The number of methoxy groups -OCH3 is 1. The number of thioether (sulfide) groups is 1. The summed E-state index contributed by atoms with van der Waals surface area (Å²) in [6.45, 7) is 1.55. The van der Waals surface area contributed by atoms with Gasteiger partial charge in [0.05, 0.1) is 12.0 Å². The minimum Gasteiger partial charge on any atom is -0.496 e. The van der Waals surface area contributed by atoms with Crippen LogP contribution < -0.4 is 4.74 Å². The second-order valence-electron chi connectivity index (χ2n) is 4.72. The molecule has 3 aromatic rings. The number of benzene rings is 1. The summed E-state index contributed by atoms with van der Waals surface area (Å²) in [5.41, 5.74) is 1.58. The summed E-state index contributed by atoms with van der Waals surface area (Å²) in [6.07, 6.45) is 0. The van der Waals surface area contributed by atoms with Gasteiger partial charge in [0.2, 0.25) is 0 Å². The molecule has 3 rings (SSSR count). The highest BCUT2D eigenvalue weighted by atomic mass is 32.2. The Balaban J connectivity index is 1.75. The Morgan fingerprint density at radius 1 is 1.35 bits per heavy atom. The summed E-state index contributed by atoms with van der Waals surface area (Å²) in [7, 11) is 1.61. The smallest absolute Gasteiger partial charge is 0.277 e. The van der Waals surface area contributed by atoms with Crippen molar-refractivity contribution < 1.29 is 13.9 Å². The van der Waals surface area contributed by atoms with Gasteiger partial charge in [-0.3, -0.25) is 4.79 Å². The van der Waals surface area contributed by atoms with E-state index < -0.39 is 0 Å². The lowest BCUT2D eigenvalue weighted by Gasteiger charge is -2.08. The molecule has 7 heteroatoms. The third-order valence-electron chi connectivity index (χ3n) is 3.18. The van der Waals surface area contributed by atoms with Crippen molar-refractivity contribution in [2.45, 2.75) is 17.9 Å². The number of carbonyl (C=O) groups is 1. The maximum Gasteiger partial charge on any atom is 0.277 e. The van der Waals surface area contributed by atoms with Crippen molar-refractivity contribution in [2.75, 3.05) is 7.11 Å². The molecule has 0 amide bonds. The van der Waals surface area contributed by atoms with Crippen LogP contribution in [-0.4, -0.2) is 23.1 Å². The number of carbonyl (C=O) groups excluding carboxylic acids is 1. The molecule has 0 radical (unpaired) electrons. The van der Waals surface area contributed by atoms with E-state index in [4.69, 9.17) is 9.15 Å². The number of nitrogens with zero attached hydrogens (tertiary/aromatic N) is 2. The second-order valence-corrected chi connectivity index (χ2v) is 6.60. The van der Waals surface area contributed by atoms with Crippen molar-refractivity contribution in [3.63, 3.8) is 0 Å². The number of ether oxygens (including phenoxy) is 1. The van der Waals surface area contributed by atoms with E-state index >= 15 is 0 Å². The minimum absolute atomic E-state index is 0.0247. The zero-order chi connectivity index (χ0) is 16.2. The molecule has 0 unspecified atom stereocenters. The number of rotatable bonds is 6. The number of ketones is 1. The normalized spacial score (nSPS) is 10.7. The maximum atomic E-state index is 11.5. The Hall–Kier alpha value is -2.12. The zero-order valence-corrected chi connectivity index (χ0v) is 14.2. The molecule has 0 N–H and O–H groups in total. The van der Waals surface area contributed by atoms with Crippen molar-refractivity contribution in [2.24, 2.45) is 0 Å². The average molecular weight is 346 g/mol. The molecule has 2 heterocycles. The highest BCUT2D eigenvalue weighted by Gasteiger charge is 2.12. The van der Waals surface area contributed by atoms with Crippen molar-refractivity contribution in [3.8, 4) is 16.5 Å². The van der Waals surface area contributed by atoms with E-state index in [1.54, 1.807) is 37.5 Å². The second kappa shape index (κ2) is 6.97. The molecule has 0 atom stereocenters. The Morgan fingerprint density at radius 2 is 2.22 bits per heavy atom. The molecule has 23 heavy (non-hydrogen) atoms. The largest absolute Gasteiger partial charge is 0.496 e. The average Bonchev–Trinajstić information content (AvgIpc) is 3.23. The monoisotopic (exact) mass is 346 g/mol. The lowest BCUT2D eigenvalue weighted by molar-refractivity contribution is 0.101.